The molecule has 1 saturated heterocycles. The van der Waals surface area contributed by atoms with Crippen molar-refractivity contribution in [3.05, 3.63) is 22.7 Å². The minimum absolute atomic E-state index is 0.0440. The number of hydrogen-bond acceptors (Lipinski definition) is 8. The Labute approximate surface area is 137 Å². The first-order chi connectivity index (χ1) is 11.5. The predicted molar refractivity (Wildman–Crippen MR) is 79.8 cm³/mol. The fraction of sp³-hybridized carbons (Fsp3) is 0.571. The van der Waals surface area contributed by atoms with E-state index >= 15 is 0 Å². The number of carbonyl (C=O) groups is 1. The third-order valence-corrected chi connectivity index (χ3v) is 3.43. The van der Waals surface area contributed by atoms with Gasteiger partial charge in [-0.05, 0) is 6.07 Å². The van der Waals surface area contributed by atoms with Crippen LogP contribution in [0.15, 0.2) is 17.1 Å². The van der Waals surface area contributed by atoms with Crippen molar-refractivity contribution in [1.82, 2.24) is 9.55 Å². The molecule has 1 aromatic heterocycles. The second-order valence-corrected chi connectivity index (χ2v) is 5.17. The number of aliphatic hydroxyl groups excluding tert-OH is 2. The lowest BCUT2D eigenvalue weighted by atomic mass is 10.1. The van der Waals surface area contributed by atoms with Crippen LogP contribution in [-0.4, -0.2) is 57.2 Å². The highest BCUT2D eigenvalue weighted by Gasteiger charge is 2.45. The Morgan fingerprint density at radius 1 is 1.62 bits per heavy atom. The third-order valence-electron chi connectivity index (χ3n) is 3.43. The second kappa shape index (κ2) is 7.98. The maximum atomic E-state index is 12.2. The summed E-state index contributed by atoms with van der Waals surface area (Å²) < 4.78 is 12.0. The molecular weight excluding hydrogens is 320 g/mol. The Morgan fingerprint density at radius 2 is 2.38 bits per heavy atom. The maximum Gasteiger partial charge on any atom is 0.351 e. The van der Waals surface area contributed by atoms with E-state index in [1.54, 1.807) is 0 Å². The van der Waals surface area contributed by atoms with Crippen molar-refractivity contribution in [2.24, 2.45) is 0 Å². The summed E-state index contributed by atoms with van der Waals surface area (Å²) in [4.78, 5) is 26.9. The van der Waals surface area contributed by atoms with Crippen LogP contribution in [0.1, 0.15) is 19.6 Å². The molecule has 4 atom stereocenters. The molecule has 0 aromatic carbocycles. The molecule has 130 valence electrons. The predicted octanol–water partition coefficient (Wildman–Crippen LogP) is -1.25. The third kappa shape index (κ3) is 3.95. The van der Waals surface area contributed by atoms with Gasteiger partial charge in [-0.15, -0.1) is 0 Å². The van der Waals surface area contributed by atoms with Crippen LogP contribution in [0, 0.1) is 11.3 Å². The van der Waals surface area contributed by atoms with Crippen molar-refractivity contribution in [2.75, 3.05) is 18.5 Å². The Bertz CT molecular complexity index is 685. The minimum Gasteiger partial charge on any atom is -0.394 e. The van der Waals surface area contributed by atoms with Gasteiger partial charge >= 0.3 is 5.69 Å². The van der Waals surface area contributed by atoms with E-state index in [0.29, 0.717) is 0 Å². The van der Waals surface area contributed by atoms with Crippen LogP contribution in [0.25, 0.3) is 0 Å². The van der Waals surface area contributed by atoms with Crippen LogP contribution in [0.3, 0.4) is 0 Å². The fourth-order valence-corrected chi connectivity index (χ4v) is 2.37. The molecule has 0 aliphatic carbocycles. The number of nitrogens with one attached hydrogen (secondary N) is 1. The van der Waals surface area contributed by atoms with Crippen LogP contribution < -0.4 is 11.0 Å². The standard InChI is InChI=1S/C14H18N4O6/c1-8(20)16-10-3-5-18(14(22)17-10)13-12(23-6-2-4-15)11(21)9(7-19)24-13/h3,5,9,11-13,19,21H,2,6-7H2,1H3,(H,16,17,20,22)/t9-,11?,12+,13-/m1/s1. The number of nitrogens with zero attached hydrogens (tertiary/aromatic N) is 3. The first-order valence-electron chi connectivity index (χ1n) is 7.27. The lowest BCUT2D eigenvalue weighted by molar-refractivity contribution is -0.114. The number of anilines is 1. The smallest absolute Gasteiger partial charge is 0.351 e. The molecule has 10 nitrogen and oxygen atoms in total. The van der Waals surface area contributed by atoms with Crippen LogP contribution in [0.5, 0.6) is 0 Å². The molecule has 0 spiro atoms. The molecule has 2 heterocycles. The van der Waals surface area contributed by atoms with Gasteiger partial charge in [0.2, 0.25) is 5.91 Å². The number of ether oxygens (including phenoxy) is 2. The zero-order valence-electron chi connectivity index (χ0n) is 13.0. The summed E-state index contributed by atoms with van der Waals surface area (Å²) in [5, 5.41) is 30.4. The molecule has 1 unspecified atom stereocenters. The zero-order chi connectivity index (χ0) is 17.7. The maximum absolute atomic E-state index is 12.2. The Hall–Kier alpha value is -2.32. The molecule has 3 N–H and O–H groups in total. The van der Waals surface area contributed by atoms with E-state index in [-0.39, 0.29) is 24.8 Å². The van der Waals surface area contributed by atoms with E-state index in [1.807, 2.05) is 6.07 Å². The lowest BCUT2D eigenvalue weighted by Gasteiger charge is -2.21. The number of amides is 1. The van der Waals surface area contributed by atoms with Gasteiger partial charge in [0.25, 0.3) is 0 Å². The fourth-order valence-electron chi connectivity index (χ4n) is 2.37. The number of aromatic nitrogens is 2. The van der Waals surface area contributed by atoms with E-state index in [2.05, 4.69) is 10.3 Å². The summed E-state index contributed by atoms with van der Waals surface area (Å²) in [6.45, 7) is 0.874. The topological polar surface area (TPSA) is 147 Å². The summed E-state index contributed by atoms with van der Waals surface area (Å²) >= 11 is 0. The number of nitriles is 1. The highest BCUT2D eigenvalue weighted by Crippen LogP contribution is 2.30. The average molecular weight is 338 g/mol. The number of carbonyl (C=O) groups excluding carboxylic acids is 1. The summed E-state index contributed by atoms with van der Waals surface area (Å²) in [6.07, 6.45) is -2.60. The molecule has 0 bridgehead atoms. The van der Waals surface area contributed by atoms with Crippen molar-refractivity contribution in [3.63, 3.8) is 0 Å². The second-order valence-electron chi connectivity index (χ2n) is 5.17. The van der Waals surface area contributed by atoms with Gasteiger partial charge in [-0.2, -0.15) is 10.2 Å². The van der Waals surface area contributed by atoms with Crippen molar-refractivity contribution in [2.45, 2.75) is 37.9 Å². The van der Waals surface area contributed by atoms with Crippen LogP contribution in [0.4, 0.5) is 5.82 Å². The molecule has 10 heteroatoms. The van der Waals surface area contributed by atoms with Gasteiger partial charge in [-0.1, -0.05) is 0 Å². The molecule has 2 rings (SSSR count). The molecule has 1 amide bonds. The Morgan fingerprint density at radius 3 is 2.96 bits per heavy atom. The highest BCUT2D eigenvalue weighted by molar-refractivity contribution is 5.87. The Kier molecular flexibility index (Phi) is 5.99. The van der Waals surface area contributed by atoms with E-state index < -0.39 is 36.8 Å². The van der Waals surface area contributed by atoms with Crippen LogP contribution in [-0.2, 0) is 14.3 Å². The first-order valence-corrected chi connectivity index (χ1v) is 7.27. The first kappa shape index (κ1) is 18.0. The van der Waals surface area contributed by atoms with Crippen molar-refractivity contribution in [1.29, 1.82) is 5.26 Å². The number of aliphatic hydroxyl groups is 2. The molecule has 1 fully saturated rings. The van der Waals surface area contributed by atoms with Crippen molar-refractivity contribution in [3.8, 4) is 6.07 Å². The van der Waals surface area contributed by atoms with Crippen LogP contribution in [0.2, 0.25) is 0 Å². The summed E-state index contributed by atoms with van der Waals surface area (Å²) in [6, 6.07) is 3.31. The average Bonchev–Trinajstić information content (AvgIpc) is 2.83. The zero-order valence-corrected chi connectivity index (χ0v) is 13.0. The largest absolute Gasteiger partial charge is 0.394 e. The van der Waals surface area contributed by atoms with E-state index in [1.165, 1.54) is 19.2 Å². The lowest BCUT2D eigenvalue weighted by Crippen LogP contribution is -2.38. The summed E-state index contributed by atoms with van der Waals surface area (Å²) in [5.74, 6) is -0.284. The molecule has 1 aliphatic heterocycles. The van der Waals surface area contributed by atoms with Gasteiger partial charge < -0.3 is 25.0 Å². The SMILES string of the molecule is CC(=O)Nc1ccn([C@@H]2O[C@H](CO)C(O)[C@@H]2OCCC#N)c(=O)n1. The Balaban J connectivity index is 2.25. The van der Waals surface area contributed by atoms with Gasteiger partial charge in [0, 0.05) is 13.1 Å². The minimum atomic E-state index is -1.17. The summed E-state index contributed by atoms with van der Waals surface area (Å²) in [7, 11) is 0. The van der Waals surface area contributed by atoms with Gasteiger partial charge in [0.1, 0.15) is 24.1 Å². The molecular formula is C14H18N4O6. The van der Waals surface area contributed by atoms with E-state index in [4.69, 9.17) is 14.7 Å². The molecule has 0 radical (unpaired) electrons. The highest BCUT2D eigenvalue weighted by atomic mass is 16.6. The molecule has 1 aromatic rings. The molecule has 1 aliphatic rings. The number of rotatable bonds is 6. The number of hydrogen-bond donors (Lipinski definition) is 3. The van der Waals surface area contributed by atoms with E-state index in [0.717, 1.165) is 4.57 Å². The monoisotopic (exact) mass is 338 g/mol. The summed E-state index contributed by atoms with van der Waals surface area (Å²) in [5.41, 5.74) is -0.717. The van der Waals surface area contributed by atoms with E-state index in [9.17, 15) is 19.8 Å². The molecule has 24 heavy (non-hydrogen) atoms. The van der Waals surface area contributed by atoms with Crippen molar-refractivity contribution < 1.29 is 24.5 Å². The van der Waals surface area contributed by atoms with Crippen molar-refractivity contribution >= 4 is 11.7 Å². The van der Waals surface area contributed by atoms with Gasteiger partial charge in [0.05, 0.1) is 25.7 Å². The molecule has 0 saturated carbocycles. The van der Waals surface area contributed by atoms with Gasteiger partial charge in [-0.25, -0.2) is 4.79 Å². The van der Waals surface area contributed by atoms with Crippen LogP contribution >= 0.6 is 0 Å². The van der Waals surface area contributed by atoms with Gasteiger partial charge in [-0.3, -0.25) is 9.36 Å². The van der Waals surface area contributed by atoms with Gasteiger partial charge in [0.15, 0.2) is 6.23 Å². The quantitative estimate of drug-likeness (QED) is 0.545. The normalized spacial score (nSPS) is 26.1.